The molecule has 0 spiro atoms. The van der Waals surface area contributed by atoms with E-state index in [2.05, 4.69) is 16.3 Å². The number of carbonyl (C=O) groups excluding carboxylic acids is 1. The van der Waals surface area contributed by atoms with Crippen LogP contribution in [0.1, 0.15) is 11.4 Å². The van der Waals surface area contributed by atoms with Gasteiger partial charge in [0.05, 0.1) is 17.9 Å². The minimum Gasteiger partial charge on any atom is -0.344 e. The Balaban J connectivity index is 3.01. The van der Waals surface area contributed by atoms with E-state index in [9.17, 15) is 13.2 Å². The van der Waals surface area contributed by atoms with Gasteiger partial charge in [-0.2, -0.15) is 5.10 Å². The van der Waals surface area contributed by atoms with Gasteiger partial charge in [0.15, 0.2) is 0 Å². The molecule has 1 N–H and O–H groups in total. The molecule has 0 aliphatic carbocycles. The lowest BCUT2D eigenvalue weighted by atomic mass is 10.4. The van der Waals surface area contributed by atoms with Crippen molar-refractivity contribution >= 4 is 25.6 Å². The number of carbonyl (C=O) groups is 1. The van der Waals surface area contributed by atoms with Gasteiger partial charge in [0.1, 0.15) is 11.4 Å². The third kappa shape index (κ3) is 3.24. The number of hydrogen-bond donors (Lipinski definition) is 1. The van der Waals surface area contributed by atoms with Gasteiger partial charge in [-0.15, -0.1) is 6.42 Å². The molecular weight excluding hydrogens is 278 g/mol. The molecule has 0 bridgehead atoms. The summed E-state index contributed by atoms with van der Waals surface area (Å²) in [6.45, 7) is 3.04. The van der Waals surface area contributed by atoms with E-state index in [0.717, 1.165) is 0 Å². The molecule has 1 aromatic heterocycles. The standard InChI is InChI=1S/C10H12ClN3O3S/c1-4-5-12-9(15)6-14-8(3)10(7(2)13-14)18(11,16)17/h1H,5-6H2,2-3H3,(H,12,15). The molecule has 18 heavy (non-hydrogen) atoms. The highest BCUT2D eigenvalue weighted by atomic mass is 35.7. The number of aryl methyl sites for hydroxylation is 1. The highest BCUT2D eigenvalue weighted by Gasteiger charge is 2.23. The van der Waals surface area contributed by atoms with Gasteiger partial charge in [-0.1, -0.05) is 5.92 Å². The molecule has 8 heteroatoms. The van der Waals surface area contributed by atoms with Crippen LogP contribution in [0.2, 0.25) is 0 Å². The Morgan fingerprint density at radius 2 is 2.17 bits per heavy atom. The summed E-state index contributed by atoms with van der Waals surface area (Å²) in [6.07, 6.45) is 5.00. The Morgan fingerprint density at radius 1 is 1.56 bits per heavy atom. The number of aromatic nitrogens is 2. The summed E-state index contributed by atoms with van der Waals surface area (Å²) >= 11 is 0. The first-order valence-electron chi connectivity index (χ1n) is 4.96. The highest BCUT2D eigenvalue weighted by Crippen LogP contribution is 2.22. The van der Waals surface area contributed by atoms with Crippen molar-refractivity contribution in [3.8, 4) is 12.3 Å². The van der Waals surface area contributed by atoms with Gasteiger partial charge in [0, 0.05) is 10.7 Å². The highest BCUT2D eigenvalue weighted by molar-refractivity contribution is 8.13. The van der Waals surface area contributed by atoms with E-state index in [1.54, 1.807) is 0 Å². The van der Waals surface area contributed by atoms with E-state index < -0.39 is 9.05 Å². The van der Waals surface area contributed by atoms with Crippen LogP contribution in [0.4, 0.5) is 0 Å². The molecule has 98 valence electrons. The van der Waals surface area contributed by atoms with Crippen molar-refractivity contribution in [2.75, 3.05) is 6.54 Å². The van der Waals surface area contributed by atoms with Gasteiger partial charge in [-0.25, -0.2) is 8.42 Å². The maximum atomic E-state index is 11.4. The van der Waals surface area contributed by atoms with Gasteiger partial charge in [0.25, 0.3) is 9.05 Å². The molecule has 0 aliphatic rings. The fourth-order valence-corrected chi connectivity index (χ4v) is 3.05. The fraction of sp³-hybridized carbons (Fsp3) is 0.400. The Kier molecular flexibility index (Phi) is 4.38. The molecule has 1 amide bonds. The summed E-state index contributed by atoms with van der Waals surface area (Å²) in [4.78, 5) is 11.4. The van der Waals surface area contributed by atoms with Gasteiger partial charge < -0.3 is 5.32 Å². The van der Waals surface area contributed by atoms with Gasteiger partial charge in [-0.05, 0) is 13.8 Å². The van der Waals surface area contributed by atoms with Gasteiger partial charge in [-0.3, -0.25) is 9.48 Å². The first-order chi connectivity index (χ1) is 8.27. The van der Waals surface area contributed by atoms with Crippen molar-refractivity contribution < 1.29 is 13.2 Å². The predicted octanol–water partition coefficient (Wildman–Crippen LogP) is 0.177. The summed E-state index contributed by atoms with van der Waals surface area (Å²) < 4.78 is 23.9. The number of halogens is 1. The molecule has 1 heterocycles. The fourth-order valence-electron chi connectivity index (χ4n) is 1.53. The number of amides is 1. The average Bonchev–Trinajstić information content (AvgIpc) is 2.50. The third-order valence-electron chi connectivity index (χ3n) is 2.24. The Hall–Kier alpha value is -1.52. The van der Waals surface area contributed by atoms with E-state index in [-0.39, 0.29) is 29.6 Å². The quantitative estimate of drug-likeness (QED) is 0.633. The largest absolute Gasteiger partial charge is 0.344 e. The number of terminal acetylenes is 1. The van der Waals surface area contributed by atoms with Crippen LogP contribution in [0.25, 0.3) is 0 Å². The molecule has 0 unspecified atom stereocenters. The maximum Gasteiger partial charge on any atom is 0.264 e. The van der Waals surface area contributed by atoms with Crippen LogP contribution in [0.3, 0.4) is 0 Å². The monoisotopic (exact) mass is 289 g/mol. The predicted molar refractivity (Wildman–Crippen MR) is 66.6 cm³/mol. The minimum atomic E-state index is -3.87. The summed E-state index contributed by atoms with van der Waals surface area (Å²) in [6, 6.07) is 0. The first kappa shape index (κ1) is 14.5. The Bertz CT molecular complexity index is 613. The van der Waals surface area contributed by atoms with Crippen molar-refractivity contribution in [2.24, 2.45) is 0 Å². The van der Waals surface area contributed by atoms with Crippen LogP contribution in [-0.2, 0) is 20.4 Å². The molecule has 0 fully saturated rings. The van der Waals surface area contributed by atoms with Gasteiger partial charge in [0.2, 0.25) is 5.91 Å². The zero-order chi connectivity index (χ0) is 13.9. The van der Waals surface area contributed by atoms with E-state index in [1.807, 2.05) is 0 Å². The number of rotatable bonds is 4. The summed E-state index contributed by atoms with van der Waals surface area (Å²) in [5, 5.41) is 6.42. The lowest BCUT2D eigenvalue weighted by Crippen LogP contribution is -2.28. The molecule has 0 atom stereocenters. The van der Waals surface area contributed by atoms with E-state index in [4.69, 9.17) is 17.1 Å². The van der Waals surface area contributed by atoms with Crippen molar-refractivity contribution in [1.29, 1.82) is 0 Å². The minimum absolute atomic E-state index is 0.0612. The van der Waals surface area contributed by atoms with Crippen molar-refractivity contribution in [3.05, 3.63) is 11.4 Å². The smallest absolute Gasteiger partial charge is 0.264 e. The zero-order valence-corrected chi connectivity index (χ0v) is 11.5. The molecule has 0 radical (unpaired) electrons. The lowest BCUT2D eigenvalue weighted by Gasteiger charge is -2.04. The lowest BCUT2D eigenvalue weighted by molar-refractivity contribution is -0.121. The van der Waals surface area contributed by atoms with Crippen LogP contribution in [0.15, 0.2) is 4.90 Å². The molecule has 0 aromatic carbocycles. The molecule has 0 aliphatic heterocycles. The van der Waals surface area contributed by atoms with Crippen LogP contribution in [0.5, 0.6) is 0 Å². The van der Waals surface area contributed by atoms with Crippen molar-refractivity contribution in [1.82, 2.24) is 15.1 Å². The second-order valence-corrected chi connectivity index (χ2v) is 6.08. The number of nitrogens with zero attached hydrogens (tertiary/aromatic N) is 2. The second kappa shape index (κ2) is 5.42. The molecule has 0 saturated heterocycles. The molecule has 1 rings (SSSR count). The molecule has 6 nitrogen and oxygen atoms in total. The number of hydrogen-bond acceptors (Lipinski definition) is 4. The van der Waals surface area contributed by atoms with Crippen molar-refractivity contribution in [2.45, 2.75) is 25.3 Å². The SMILES string of the molecule is C#CCNC(=O)Cn1nc(C)c(S(=O)(=O)Cl)c1C. The van der Waals surface area contributed by atoms with Crippen LogP contribution in [-0.4, -0.2) is 30.7 Å². The van der Waals surface area contributed by atoms with Crippen LogP contribution in [0, 0.1) is 26.2 Å². The topological polar surface area (TPSA) is 81.1 Å². The Morgan fingerprint density at radius 3 is 2.61 bits per heavy atom. The zero-order valence-electron chi connectivity index (χ0n) is 9.90. The van der Waals surface area contributed by atoms with Crippen molar-refractivity contribution in [3.63, 3.8) is 0 Å². The van der Waals surface area contributed by atoms with E-state index >= 15 is 0 Å². The second-order valence-electron chi connectivity index (χ2n) is 3.58. The average molecular weight is 290 g/mol. The third-order valence-corrected chi connectivity index (χ3v) is 3.78. The molecule has 0 saturated carbocycles. The molecule has 1 aromatic rings. The summed E-state index contributed by atoms with van der Waals surface area (Å²) in [5.74, 6) is 1.91. The Labute approximate surface area is 110 Å². The van der Waals surface area contributed by atoms with E-state index in [0.29, 0.717) is 5.69 Å². The van der Waals surface area contributed by atoms with E-state index in [1.165, 1.54) is 18.5 Å². The summed E-state index contributed by atoms with van der Waals surface area (Å²) in [5.41, 5.74) is 0.575. The summed E-state index contributed by atoms with van der Waals surface area (Å²) in [7, 11) is 1.42. The maximum absolute atomic E-state index is 11.4. The molecular formula is C10H12ClN3O3S. The van der Waals surface area contributed by atoms with Gasteiger partial charge >= 0.3 is 0 Å². The van der Waals surface area contributed by atoms with Crippen LogP contribution < -0.4 is 5.32 Å². The van der Waals surface area contributed by atoms with Crippen LogP contribution >= 0.6 is 10.7 Å². The first-order valence-corrected chi connectivity index (χ1v) is 7.27. The number of nitrogens with one attached hydrogen (secondary N) is 1. The normalized spacial score (nSPS) is 11.0.